The Morgan fingerprint density at radius 3 is 1.51 bits per heavy atom. The quantitative estimate of drug-likeness (QED) is 0.0676. The minimum atomic E-state index is -3.36. The van der Waals surface area contributed by atoms with Gasteiger partial charge in [-0.1, -0.05) is 76.9 Å². The standard InChI is InChI=1S/C20H41NO3S.C4H6O4.2Na/c1-3-5-6-7-8-9-10-11-12-13-14-15-16-17-18-19-20-21-24-25(22,23)4-2;5-3(6)1-2-4(7)8;;/h11-12,21H,3-10,13-20H2,1-2H3;1-2H2,(H,5,6)(H,7,8);;/q;;2*+1/p-2/b12-11-;;;. The summed E-state index contributed by atoms with van der Waals surface area (Å²) < 4.78 is 26.8. The summed E-state index contributed by atoms with van der Waals surface area (Å²) in [5.74, 6) is -2.73. The number of carboxylic acids is 2. The zero-order valence-corrected chi connectivity index (χ0v) is 27.5. The number of hydrogen-bond donors (Lipinski definition) is 1. The molecule has 0 heterocycles. The van der Waals surface area contributed by atoms with Crippen LogP contribution in [-0.2, 0) is 24.0 Å². The number of carbonyl (C=O) groups excluding carboxylic acids is 2. The Morgan fingerprint density at radius 1 is 0.714 bits per heavy atom. The number of allylic oxidation sites excluding steroid dienone is 2. The molecule has 11 heteroatoms. The van der Waals surface area contributed by atoms with Gasteiger partial charge in [-0.15, -0.1) is 0 Å². The molecule has 0 fully saturated rings. The van der Waals surface area contributed by atoms with Crippen LogP contribution in [0.4, 0.5) is 0 Å². The molecule has 0 saturated heterocycles. The fourth-order valence-corrected chi connectivity index (χ4v) is 3.22. The van der Waals surface area contributed by atoms with E-state index in [2.05, 4.69) is 28.8 Å². The van der Waals surface area contributed by atoms with Crippen molar-refractivity contribution in [2.75, 3.05) is 12.3 Å². The molecule has 35 heavy (non-hydrogen) atoms. The Kier molecular flexibility index (Phi) is 39.7. The van der Waals surface area contributed by atoms with Crippen molar-refractivity contribution in [3.8, 4) is 0 Å². The molecule has 0 aliphatic carbocycles. The number of carbonyl (C=O) groups is 2. The average Bonchev–Trinajstić information content (AvgIpc) is 2.77. The fourth-order valence-electron chi connectivity index (χ4n) is 2.84. The van der Waals surface area contributed by atoms with Crippen molar-refractivity contribution < 1.29 is 91.6 Å². The maximum absolute atomic E-state index is 11.1. The molecule has 0 bridgehead atoms. The van der Waals surface area contributed by atoms with Crippen LogP contribution < -0.4 is 74.8 Å². The molecule has 0 saturated carbocycles. The van der Waals surface area contributed by atoms with Crippen LogP contribution in [0.3, 0.4) is 0 Å². The summed E-state index contributed by atoms with van der Waals surface area (Å²) in [7, 11) is -3.36. The molecular weight excluding hydrogens is 492 g/mol. The summed E-state index contributed by atoms with van der Waals surface area (Å²) in [5.41, 5.74) is 2.53. The molecule has 0 rings (SSSR count). The average molecular weight is 538 g/mol. The van der Waals surface area contributed by atoms with Gasteiger partial charge >= 0.3 is 59.1 Å². The molecule has 196 valence electrons. The van der Waals surface area contributed by atoms with Gasteiger partial charge in [0.25, 0.3) is 10.1 Å². The van der Waals surface area contributed by atoms with Gasteiger partial charge in [-0.05, 0) is 51.9 Å². The van der Waals surface area contributed by atoms with Gasteiger partial charge < -0.3 is 19.8 Å². The van der Waals surface area contributed by atoms with Crippen LogP contribution in [0.15, 0.2) is 12.2 Å². The zero-order chi connectivity index (χ0) is 25.2. The number of aliphatic carboxylic acids is 2. The molecule has 0 aliphatic heterocycles. The van der Waals surface area contributed by atoms with Gasteiger partial charge in [-0.2, -0.15) is 18.2 Å². The number of hydroxylamine groups is 1. The summed E-state index contributed by atoms with van der Waals surface area (Å²) in [4.78, 5) is 19.0. The number of carboxylic acid groups (broad SMARTS) is 2. The first-order chi connectivity index (χ1) is 15.7. The Bertz CT molecular complexity index is 589. The Labute approximate surface area is 258 Å². The first-order valence-corrected chi connectivity index (χ1v) is 14.0. The molecule has 0 aliphatic rings. The van der Waals surface area contributed by atoms with Crippen molar-refractivity contribution in [3.63, 3.8) is 0 Å². The van der Waals surface area contributed by atoms with E-state index < -0.39 is 34.9 Å². The minimum Gasteiger partial charge on any atom is -0.550 e. The van der Waals surface area contributed by atoms with E-state index in [0.717, 1.165) is 12.8 Å². The van der Waals surface area contributed by atoms with E-state index in [4.69, 9.17) is 0 Å². The van der Waals surface area contributed by atoms with Crippen molar-refractivity contribution in [1.29, 1.82) is 0 Å². The van der Waals surface area contributed by atoms with E-state index in [1.807, 2.05) is 0 Å². The van der Waals surface area contributed by atoms with E-state index in [-0.39, 0.29) is 64.9 Å². The third kappa shape index (κ3) is 41.9. The van der Waals surface area contributed by atoms with Crippen LogP contribution in [0.25, 0.3) is 0 Å². The predicted molar refractivity (Wildman–Crippen MR) is 127 cm³/mol. The monoisotopic (exact) mass is 537 g/mol. The number of nitrogens with one attached hydrogen (secondary N) is 1. The second-order valence-electron chi connectivity index (χ2n) is 8.01. The van der Waals surface area contributed by atoms with Crippen molar-refractivity contribution in [1.82, 2.24) is 5.48 Å². The van der Waals surface area contributed by atoms with Crippen molar-refractivity contribution in [2.24, 2.45) is 0 Å². The van der Waals surface area contributed by atoms with Gasteiger partial charge in [0.15, 0.2) is 0 Å². The molecule has 0 aromatic heterocycles. The van der Waals surface area contributed by atoms with E-state index in [1.54, 1.807) is 6.92 Å². The van der Waals surface area contributed by atoms with Crippen molar-refractivity contribution >= 4 is 22.1 Å². The van der Waals surface area contributed by atoms with Crippen LogP contribution >= 0.6 is 0 Å². The van der Waals surface area contributed by atoms with E-state index in [9.17, 15) is 28.2 Å². The number of rotatable bonds is 22. The molecule has 0 spiro atoms. The molecule has 0 radical (unpaired) electrons. The maximum Gasteiger partial charge on any atom is 1.00 e. The summed E-state index contributed by atoms with van der Waals surface area (Å²) in [6, 6.07) is 0. The largest absolute Gasteiger partial charge is 1.00 e. The second-order valence-corrected chi connectivity index (χ2v) is 9.87. The van der Waals surface area contributed by atoms with Crippen LogP contribution in [0, 0.1) is 0 Å². The normalized spacial score (nSPS) is 10.7. The summed E-state index contributed by atoms with van der Waals surface area (Å²) in [6.45, 7) is 4.43. The van der Waals surface area contributed by atoms with Crippen molar-refractivity contribution in [2.45, 2.75) is 117 Å². The first-order valence-electron chi connectivity index (χ1n) is 12.4. The third-order valence-electron chi connectivity index (χ3n) is 4.86. The Hall–Kier alpha value is 0.550. The maximum atomic E-state index is 11.1. The Balaban J connectivity index is -0.000000412. The SMILES string of the molecule is CCCCCCCC/C=C\CCCCCCCCNOS(=O)(=O)CC.O=C([O-])CCC(=O)[O-].[Na+].[Na+]. The molecule has 1 N–H and O–H groups in total. The van der Waals surface area contributed by atoms with Crippen LogP contribution in [0.1, 0.15) is 117 Å². The predicted octanol–water partition coefficient (Wildman–Crippen LogP) is -2.83. The minimum absolute atomic E-state index is 0. The zero-order valence-electron chi connectivity index (χ0n) is 22.6. The summed E-state index contributed by atoms with van der Waals surface area (Å²) in [5, 5.41) is 19.0. The summed E-state index contributed by atoms with van der Waals surface area (Å²) >= 11 is 0. The Morgan fingerprint density at radius 2 is 1.11 bits per heavy atom. The topological polar surface area (TPSA) is 136 Å². The van der Waals surface area contributed by atoms with E-state index in [1.165, 1.54) is 77.0 Å². The van der Waals surface area contributed by atoms with Gasteiger partial charge in [0.05, 0.1) is 5.75 Å². The molecule has 0 unspecified atom stereocenters. The molecular formula is C24H45NNa2O7S. The third-order valence-corrected chi connectivity index (χ3v) is 5.94. The summed E-state index contributed by atoms with van der Waals surface area (Å²) in [6.07, 6.45) is 21.6. The number of unbranched alkanes of at least 4 members (excludes halogenated alkanes) is 12. The molecule has 0 atom stereocenters. The van der Waals surface area contributed by atoms with Crippen LogP contribution in [0.5, 0.6) is 0 Å². The van der Waals surface area contributed by atoms with Gasteiger partial charge in [0.1, 0.15) is 0 Å². The first kappa shape index (κ1) is 42.6. The van der Waals surface area contributed by atoms with Crippen LogP contribution in [-0.4, -0.2) is 32.7 Å². The van der Waals surface area contributed by atoms with Crippen LogP contribution in [0.2, 0.25) is 0 Å². The van der Waals surface area contributed by atoms with E-state index in [0.29, 0.717) is 6.54 Å². The number of hydrogen-bond acceptors (Lipinski definition) is 8. The second kappa shape index (κ2) is 32.6. The van der Waals surface area contributed by atoms with Gasteiger partial charge in [0, 0.05) is 18.5 Å². The smallest absolute Gasteiger partial charge is 0.550 e. The van der Waals surface area contributed by atoms with Gasteiger partial charge in [-0.25, -0.2) is 0 Å². The van der Waals surface area contributed by atoms with E-state index >= 15 is 0 Å². The molecule has 0 amide bonds. The van der Waals surface area contributed by atoms with Gasteiger partial charge in [0.2, 0.25) is 0 Å². The fraction of sp³-hybridized carbons (Fsp3) is 0.833. The molecule has 8 nitrogen and oxygen atoms in total. The molecule has 0 aromatic rings. The van der Waals surface area contributed by atoms with Crippen molar-refractivity contribution in [3.05, 3.63) is 12.2 Å². The molecule has 0 aromatic carbocycles. The van der Waals surface area contributed by atoms with Gasteiger partial charge in [-0.3, -0.25) is 0 Å².